The summed E-state index contributed by atoms with van der Waals surface area (Å²) in [5, 5.41) is 4.29. The molecule has 1 fully saturated rings. The van der Waals surface area contributed by atoms with Gasteiger partial charge in [-0.1, -0.05) is 6.92 Å². The van der Waals surface area contributed by atoms with Gasteiger partial charge >= 0.3 is 0 Å². The first-order valence-corrected chi connectivity index (χ1v) is 6.01. The number of nitrogens with zero attached hydrogens (tertiary/aromatic N) is 1. The lowest BCUT2D eigenvalue weighted by molar-refractivity contribution is 0.176. The molecular formula is C10H18ClN3S. The number of nitrogen functional groups attached to an aromatic ring is 1. The van der Waals surface area contributed by atoms with Crippen molar-refractivity contribution in [2.75, 3.05) is 5.73 Å². The lowest BCUT2D eigenvalue weighted by Crippen LogP contribution is -2.49. The molecule has 0 radical (unpaired) electrons. The first-order valence-electron chi connectivity index (χ1n) is 5.19. The molecule has 86 valence electrons. The molecule has 0 aliphatic heterocycles. The molecule has 1 aromatic rings. The van der Waals surface area contributed by atoms with E-state index in [1.807, 2.05) is 6.20 Å². The topological polar surface area (TPSA) is 50.9 Å². The van der Waals surface area contributed by atoms with Gasteiger partial charge in [-0.05, 0) is 25.7 Å². The van der Waals surface area contributed by atoms with E-state index in [0.29, 0.717) is 10.7 Å². The molecule has 0 saturated heterocycles. The summed E-state index contributed by atoms with van der Waals surface area (Å²) < 4.78 is 0. The van der Waals surface area contributed by atoms with Crippen LogP contribution in [-0.4, -0.2) is 10.5 Å². The maximum Gasteiger partial charge on any atom is 0.180 e. The van der Waals surface area contributed by atoms with Gasteiger partial charge in [-0.2, -0.15) is 0 Å². The summed E-state index contributed by atoms with van der Waals surface area (Å²) in [6.45, 7) is 3.18. The third-order valence-corrected chi connectivity index (χ3v) is 4.02. The lowest BCUT2D eigenvalue weighted by atomic mass is 9.75. The highest BCUT2D eigenvalue weighted by molar-refractivity contribution is 7.15. The normalized spacial score (nSPS) is 17.9. The lowest BCUT2D eigenvalue weighted by Gasteiger charge is -2.42. The molecule has 5 heteroatoms. The second-order valence-electron chi connectivity index (χ2n) is 4.01. The first kappa shape index (κ1) is 12.7. The molecular weight excluding hydrogens is 230 g/mol. The molecule has 0 bridgehead atoms. The highest BCUT2D eigenvalue weighted by Crippen LogP contribution is 2.35. The van der Waals surface area contributed by atoms with Crippen LogP contribution in [0.4, 0.5) is 5.13 Å². The van der Waals surface area contributed by atoms with E-state index in [0.717, 1.165) is 6.54 Å². The number of rotatable bonds is 4. The molecule has 0 spiro atoms. The van der Waals surface area contributed by atoms with E-state index in [2.05, 4.69) is 17.2 Å². The van der Waals surface area contributed by atoms with E-state index in [1.54, 1.807) is 11.3 Å². The highest BCUT2D eigenvalue weighted by Gasteiger charge is 2.34. The van der Waals surface area contributed by atoms with Crippen LogP contribution in [0.3, 0.4) is 0 Å². The number of nitrogens with two attached hydrogens (primary N) is 1. The molecule has 1 heterocycles. The number of anilines is 1. The van der Waals surface area contributed by atoms with Crippen LogP contribution in [0.25, 0.3) is 0 Å². The maximum atomic E-state index is 5.58. The summed E-state index contributed by atoms with van der Waals surface area (Å²) in [6, 6.07) is 0. The Hall–Kier alpha value is -0.320. The van der Waals surface area contributed by atoms with Crippen molar-refractivity contribution in [1.29, 1.82) is 0 Å². The number of hydrogen-bond donors (Lipinski definition) is 2. The molecule has 0 amide bonds. The molecule has 1 aliphatic rings. The minimum Gasteiger partial charge on any atom is -0.375 e. The second-order valence-corrected chi connectivity index (χ2v) is 5.15. The Labute approximate surface area is 101 Å². The molecule has 1 aliphatic carbocycles. The van der Waals surface area contributed by atoms with Gasteiger partial charge in [-0.25, -0.2) is 4.98 Å². The molecule has 15 heavy (non-hydrogen) atoms. The van der Waals surface area contributed by atoms with Crippen molar-refractivity contribution in [3.8, 4) is 0 Å². The van der Waals surface area contributed by atoms with Crippen LogP contribution in [0.15, 0.2) is 6.20 Å². The van der Waals surface area contributed by atoms with Crippen LogP contribution in [0.5, 0.6) is 0 Å². The van der Waals surface area contributed by atoms with Gasteiger partial charge in [0.1, 0.15) is 0 Å². The third kappa shape index (κ3) is 2.83. The molecule has 3 nitrogen and oxygen atoms in total. The average Bonchev–Trinajstić information content (AvgIpc) is 2.50. The summed E-state index contributed by atoms with van der Waals surface area (Å²) in [4.78, 5) is 5.28. The highest BCUT2D eigenvalue weighted by atomic mass is 35.5. The van der Waals surface area contributed by atoms with E-state index in [-0.39, 0.29) is 12.4 Å². The first-order chi connectivity index (χ1) is 6.74. The molecule has 0 atom stereocenters. The van der Waals surface area contributed by atoms with Crippen molar-refractivity contribution in [3.05, 3.63) is 11.1 Å². The van der Waals surface area contributed by atoms with Crippen molar-refractivity contribution < 1.29 is 0 Å². The second kappa shape index (κ2) is 5.14. The van der Waals surface area contributed by atoms with Gasteiger partial charge in [0.25, 0.3) is 0 Å². The number of thiazole rings is 1. The van der Waals surface area contributed by atoms with Crippen LogP contribution in [0.1, 0.15) is 37.5 Å². The van der Waals surface area contributed by atoms with Crippen LogP contribution in [0.2, 0.25) is 0 Å². The summed E-state index contributed by atoms with van der Waals surface area (Å²) in [7, 11) is 0. The Morgan fingerprint density at radius 3 is 2.73 bits per heavy atom. The zero-order chi connectivity index (χ0) is 10.0. The Bertz CT molecular complexity index is 304. The fraction of sp³-hybridized carbons (Fsp3) is 0.700. The molecule has 0 aromatic carbocycles. The zero-order valence-electron chi connectivity index (χ0n) is 8.95. The number of hydrogen-bond acceptors (Lipinski definition) is 4. The molecule has 2 rings (SSSR count). The van der Waals surface area contributed by atoms with Crippen LogP contribution in [-0.2, 0) is 6.54 Å². The van der Waals surface area contributed by atoms with Gasteiger partial charge in [0, 0.05) is 23.2 Å². The van der Waals surface area contributed by atoms with E-state index in [4.69, 9.17) is 5.73 Å². The van der Waals surface area contributed by atoms with Gasteiger partial charge in [0.05, 0.1) is 0 Å². The maximum absolute atomic E-state index is 5.58. The number of aromatic nitrogens is 1. The van der Waals surface area contributed by atoms with Crippen LogP contribution >= 0.6 is 23.7 Å². The Kier molecular flexibility index (Phi) is 4.37. The summed E-state index contributed by atoms with van der Waals surface area (Å²) >= 11 is 1.58. The third-order valence-electron chi connectivity index (χ3n) is 3.20. The van der Waals surface area contributed by atoms with Gasteiger partial charge in [0.2, 0.25) is 0 Å². The minimum absolute atomic E-state index is 0. The average molecular weight is 248 g/mol. The van der Waals surface area contributed by atoms with Crippen molar-refractivity contribution >= 4 is 28.9 Å². The molecule has 1 aromatic heterocycles. The summed E-state index contributed by atoms with van der Waals surface area (Å²) in [6.07, 6.45) is 7.09. The van der Waals surface area contributed by atoms with Crippen molar-refractivity contribution in [2.45, 2.75) is 44.7 Å². The van der Waals surface area contributed by atoms with Gasteiger partial charge in [-0.3, -0.25) is 0 Å². The Balaban J connectivity index is 0.00000112. The summed E-state index contributed by atoms with van der Waals surface area (Å²) in [5.74, 6) is 0. The van der Waals surface area contributed by atoms with Crippen LogP contribution in [0, 0.1) is 0 Å². The van der Waals surface area contributed by atoms with E-state index in [9.17, 15) is 0 Å². The van der Waals surface area contributed by atoms with E-state index < -0.39 is 0 Å². The van der Waals surface area contributed by atoms with Gasteiger partial charge in [0.15, 0.2) is 5.13 Å². The molecule has 1 saturated carbocycles. The molecule has 0 unspecified atom stereocenters. The predicted octanol–water partition coefficient (Wildman–Crippen LogP) is 2.57. The zero-order valence-corrected chi connectivity index (χ0v) is 10.6. The Morgan fingerprint density at radius 2 is 2.33 bits per heavy atom. The molecule has 3 N–H and O–H groups in total. The van der Waals surface area contributed by atoms with Crippen molar-refractivity contribution in [2.24, 2.45) is 0 Å². The van der Waals surface area contributed by atoms with E-state index in [1.165, 1.54) is 30.6 Å². The predicted molar refractivity (Wildman–Crippen MR) is 67.5 cm³/mol. The monoisotopic (exact) mass is 247 g/mol. The van der Waals surface area contributed by atoms with Gasteiger partial charge in [-0.15, -0.1) is 23.7 Å². The Morgan fingerprint density at radius 1 is 1.60 bits per heavy atom. The minimum atomic E-state index is 0. The SMILES string of the molecule is CCC1(NCc2cnc(N)s2)CCC1.Cl. The van der Waals surface area contributed by atoms with Crippen molar-refractivity contribution in [3.63, 3.8) is 0 Å². The number of halogens is 1. The quantitative estimate of drug-likeness (QED) is 0.860. The van der Waals surface area contributed by atoms with Crippen molar-refractivity contribution in [1.82, 2.24) is 10.3 Å². The van der Waals surface area contributed by atoms with E-state index >= 15 is 0 Å². The smallest absolute Gasteiger partial charge is 0.180 e. The fourth-order valence-electron chi connectivity index (χ4n) is 1.94. The van der Waals surface area contributed by atoms with Gasteiger partial charge < -0.3 is 11.1 Å². The standard InChI is InChI=1S/C10H17N3S.ClH/c1-2-10(4-3-5-10)13-7-8-6-12-9(11)14-8;/h6,13H,2-5,7H2,1H3,(H2,11,12);1H. The summed E-state index contributed by atoms with van der Waals surface area (Å²) in [5.41, 5.74) is 5.99. The van der Waals surface area contributed by atoms with Crippen LogP contribution < -0.4 is 11.1 Å². The number of nitrogens with one attached hydrogen (secondary N) is 1. The fourth-order valence-corrected chi connectivity index (χ4v) is 2.56. The largest absolute Gasteiger partial charge is 0.375 e.